The van der Waals surface area contributed by atoms with Crippen LogP contribution in [0.3, 0.4) is 0 Å². The van der Waals surface area contributed by atoms with E-state index < -0.39 is 0 Å². The lowest BCUT2D eigenvalue weighted by atomic mass is 10.0. The third-order valence-electron chi connectivity index (χ3n) is 3.78. The highest BCUT2D eigenvalue weighted by atomic mass is 35.5. The Morgan fingerprint density at radius 3 is 2.48 bits per heavy atom. The van der Waals surface area contributed by atoms with Crippen LogP contribution in [0.4, 0.5) is 5.69 Å². The molecular weight excluding hydrogens is 284 g/mol. The summed E-state index contributed by atoms with van der Waals surface area (Å²) in [5, 5.41) is 0.655. The Hall–Kier alpha value is -2.00. The van der Waals surface area contributed by atoms with Crippen LogP contribution >= 0.6 is 11.6 Å². The van der Waals surface area contributed by atoms with Gasteiger partial charge < -0.3 is 10.6 Å². The van der Waals surface area contributed by atoms with E-state index in [0.29, 0.717) is 16.3 Å². The fourth-order valence-corrected chi connectivity index (χ4v) is 2.65. The van der Waals surface area contributed by atoms with Gasteiger partial charge in [0.05, 0.1) is 11.6 Å². The molecule has 0 aliphatic rings. The molecule has 1 unspecified atom stereocenters. The van der Waals surface area contributed by atoms with Crippen molar-refractivity contribution in [2.45, 2.75) is 19.9 Å². The largest absolute Gasteiger partial charge is 0.398 e. The van der Waals surface area contributed by atoms with E-state index in [1.54, 1.807) is 18.0 Å². The number of halogens is 1. The standard InChI is InChI=1S/C17H19ClN2O/c1-11-7-6-10-15(19)16(11)17(21)20(3)12(2)13-8-4-5-9-14(13)18/h4-10,12H,19H2,1-3H3. The number of anilines is 1. The van der Waals surface area contributed by atoms with Crippen LogP contribution in [-0.2, 0) is 0 Å². The summed E-state index contributed by atoms with van der Waals surface area (Å²) in [5.74, 6) is -0.0991. The number of benzene rings is 2. The van der Waals surface area contributed by atoms with Crippen molar-refractivity contribution in [2.75, 3.05) is 12.8 Å². The molecule has 1 amide bonds. The molecule has 0 saturated carbocycles. The number of rotatable bonds is 3. The maximum Gasteiger partial charge on any atom is 0.256 e. The third-order valence-corrected chi connectivity index (χ3v) is 4.12. The zero-order chi connectivity index (χ0) is 15.6. The molecule has 3 nitrogen and oxygen atoms in total. The number of aryl methyl sites for hydroxylation is 1. The minimum atomic E-state index is -0.134. The molecule has 0 bridgehead atoms. The summed E-state index contributed by atoms with van der Waals surface area (Å²) in [6.07, 6.45) is 0. The second kappa shape index (κ2) is 6.19. The van der Waals surface area contributed by atoms with E-state index >= 15 is 0 Å². The SMILES string of the molecule is Cc1cccc(N)c1C(=O)N(C)C(C)c1ccccc1Cl. The van der Waals surface area contributed by atoms with Crippen LogP contribution < -0.4 is 5.73 Å². The third kappa shape index (κ3) is 3.03. The Morgan fingerprint density at radius 2 is 1.86 bits per heavy atom. The number of amides is 1. The molecule has 0 aliphatic carbocycles. The van der Waals surface area contributed by atoms with Crippen LogP contribution in [0.5, 0.6) is 0 Å². The number of nitrogens with two attached hydrogens (primary N) is 1. The predicted octanol–water partition coefficient (Wildman–Crippen LogP) is 4.06. The van der Waals surface area contributed by atoms with Crippen molar-refractivity contribution in [3.8, 4) is 0 Å². The highest BCUT2D eigenvalue weighted by Crippen LogP contribution is 2.28. The minimum absolute atomic E-state index is 0.0991. The van der Waals surface area contributed by atoms with E-state index in [2.05, 4.69) is 0 Å². The zero-order valence-electron chi connectivity index (χ0n) is 12.4. The van der Waals surface area contributed by atoms with E-state index in [1.807, 2.05) is 50.2 Å². The molecule has 2 aromatic carbocycles. The molecule has 0 fully saturated rings. The summed E-state index contributed by atoms with van der Waals surface area (Å²) in [7, 11) is 1.77. The monoisotopic (exact) mass is 302 g/mol. The second-order valence-electron chi connectivity index (χ2n) is 5.15. The van der Waals surface area contributed by atoms with Gasteiger partial charge in [0.25, 0.3) is 5.91 Å². The molecule has 110 valence electrons. The lowest BCUT2D eigenvalue weighted by molar-refractivity contribution is 0.0743. The van der Waals surface area contributed by atoms with Gasteiger partial charge in [-0.1, -0.05) is 41.9 Å². The van der Waals surface area contributed by atoms with Crippen LogP contribution in [0.15, 0.2) is 42.5 Å². The first-order valence-corrected chi connectivity index (χ1v) is 7.18. The molecule has 0 heterocycles. The van der Waals surface area contributed by atoms with Crippen molar-refractivity contribution in [2.24, 2.45) is 0 Å². The van der Waals surface area contributed by atoms with Crippen LogP contribution in [0.1, 0.15) is 34.5 Å². The summed E-state index contributed by atoms with van der Waals surface area (Å²) < 4.78 is 0. The first-order chi connectivity index (χ1) is 9.93. The molecule has 0 aromatic heterocycles. The van der Waals surface area contributed by atoms with E-state index in [-0.39, 0.29) is 11.9 Å². The van der Waals surface area contributed by atoms with E-state index in [0.717, 1.165) is 11.1 Å². The Kier molecular flexibility index (Phi) is 4.53. The number of carbonyl (C=O) groups is 1. The van der Waals surface area contributed by atoms with E-state index in [9.17, 15) is 4.79 Å². The minimum Gasteiger partial charge on any atom is -0.398 e. The van der Waals surface area contributed by atoms with Gasteiger partial charge in [0.1, 0.15) is 0 Å². The molecule has 0 spiro atoms. The van der Waals surface area contributed by atoms with Gasteiger partial charge in [-0.3, -0.25) is 4.79 Å². The van der Waals surface area contributed by atoms with Gasteiger partial charge in [0, 0.05) is 17.8 Å². The molecule has 0 aliphatic heterocycles. The van der Waals surface area contributed by atoms with Crippen molar-refractivity contribution in [1.29, 1.82) is 0 Å². The fourth-order valence-electron chi connectivity index (χ4n) is 2.36. The maximum atomic E-state index is 12.7. The second-order valence-corrected chi connectivity index (χ2v) is 5.56. The van der Waals surface area contributed by atoms with E-state index in [4.69, 9.17) is 17.3 Å². The van der Waals surface area contributed by atoms with Gasteiger partial charge >= 0.3 is 0 Å². The van der Waals surface area contributed by atoms with Gasteiger partial charge in [-0.15, -0.1) is 0 Å². The fraction of sp³-hybridized carbons (Fsp3) is 0.235. The average Bonchev–Trinajstić information content (AvgIpc) is 2.46. The van der Waals surface area contributed by atoms with Crippen molar-refractivity contribution in [1.82, 2.24) is 4.90 Å². The van der Waals surface area contributed by atoms with Crippen LogP contribution in [0, 0.1) is 6.92 Å². The van der Waals surface area contributed by atoms with Gasteiger partial charge in [0.15, 0.2) is 0 Å². The molecule has 2 N–H and O–H groups in total. The Morgan fingerprint density at radius 1 is 1.19 bits per heavy atom. The topological polar surface area (TPSA) is 46.3 Å². The van der Waals surface area contributed by atoms with Crippen LogP contribution in [0.2, 0.25) is 5.02 Å². The van der Waals surface area contributed by atoms with Crippen LogP contribution in [-0.4, -0.2) is 17.9 Å². The lowest BCUT2D eigenvalue weighted by Crippen LogP contribution is -2.31. The molecule has 1 atom stereocenters. The highest BCUT2D eigenvalue weighted by molar-refractivity contribution is 6.31. The van der Waals surface area contributed by atoms with Crippen molar-refractivity contribution in [3.63, 3.8) is 0 Å². The summed E-state index contributed by atoms with van der Waals surface area (Å²) >= 11 is 6.21. The van der Waals surface area contributed by atoms with Gasteiger partial charge in [-0.05, 0) is 37.1 Å². The van der Waals surface area contributed by atoms with E-state index in [1.165, 1.54) is 0 Å². The summed E-state index contributed by atoms with van der Waals surface area (Å²) in [6.45, 7) is 3.84. The summed E-state index contributed by atoms with van der Waals surface area (Å²) in [6, 6.07) is 12.9. The molecule has 0 radical (unpaired) electrons. The molecule has 21 heavy (non-hydrogen) atoms. The van der Waals surface area contributed by atoms with Crippen molar-refractivity contribution >= 4 is 23.2 Å². The number of hydrogen-bond acceptors (Lipinski definition) is 2. The normalized spacial score (nSPS) is 12.0. The smallest absolute Gasteiger partial charge is 0.256 e. The molecule has 4 heteroatoms. The van der Waals surface area contributed by atoms with Gasteiger partial charge in [-0.2, -0.15) is 0 Å². The summed E-state index contributed by atoms with van der Waals surface area (Å²) in [5.41, 5.74) is 8.80. The Balaban J connectivity index is 2.34. The van der Waals surface area contributed by atoms with Gasteiger partial charge in [-0.25, -0.2) is 0 Å². The summed E-state index contributed by atoms with van der Waals surface area (Å²) in [4.78, 5) is 14.4. The zero-order valence-corrected chi connectivity index (χ0v) is 13.2. The maximum absolute atomic E-state index is 12.7. The number of nitrogen functional groups attached to an aromatic ring is 1. The van der Waals surface area contributed by atoms with Gasteiger partial charge in [0.2, 0.25) is 0 Å². The molecular formula is C17H19ClN2O. The molecule has 2 aromatic rings. The number of carbonyl (C=O) groups excluding carboxylic acids is 1. The van der Waals surface area contributed by atoms with Crippen molar-refractivity contribution < 1.29 is 4.79 Å². The Bertz CT molecular complexity index is 649. The Labute approximate surface area is 130 Å². The number of hydrogen-bond donors (Lipinski definition) is 1. The predicted molar refractivity (Wildman–Crippen MR) is 87.6 cm³/mol. The first kappa shape index (κ1) is 15.4. The average molecular weight is 303 g/mol. The van der Waals surface area contributed by atoms with Crippen molar-refractivity contribution in [3.05, 3.63) is 64.2 Å². The molecule has 2 rings (SSSR count). The highest BCUT2D eigenvalue weighted by Gasteiger charge is 2.23. The van der Waals surface area contributed by atoms with Crippen LogP contribution in [0.25, 0.3) is 0 Å². The first-order valence-electron chi connectivity index (χ1n) is 6.80. The lowest BCUT2D eigenvalue weighted by Gasteiger charge is -2.27. The molecule has 0 saturated heterocycles. The number of nitrogens with zero attached hydrogens (tertiary/aromatic N) is 1. The quantitative estimate of drug-likeness (QED) is 0.869.